The molecule has 1 N–H and O–H groups in total. The summed E-state index contributed by atoms with van der Waals surface area (Å²) >= 11 is 0. The Balaban J connectivity index is 1.75. The maximum Gasteiger partial charge on any atom is 0.131 e. The summed E-state index contributed by atoms with van der Waals surface area (Å²) in [4.78, 5) is 11.7. The first-order valence-electron chi connectivity index (χ1n) is 8.35. The average Bonchev–Trinajstić information content (AvgIpc) is 3.36. The van der Waals surface area contributed by atoms with E-state index in [0.29, 0.717) is 12.0 Å². The molecule has 2 aliphatic rings. The van der Waals surface area contributed by atoms with Crippen molar-refractivity contribution in [3.8, 4) is 0 Å². The van der Waals surface area contributed by atoms with Crippen molar-refractivity contribution >= 4 is 5.69 Å². The van der Waals surface area contributed by atoms with Gasteiger partial charge in [0.15, 0.2) is 0 Å². The molecule has 2 saturated carbocycles. The fourth-order valence-corrected chi connectivity index (χ4v) is 2.79. The maximum atomic E-state index is 4.82. The zero-order valence-electron chi connectivity index (χ0n) is 13.8. The van der Waals surface area contributed by atoms with Gasteiger partial charge in [-0.2, -0.15) is 0 Å². The van der Waals surface area contributed by atoms with Crippen LogP contribution in [-0.2, 0) is 6.54 Å². The van der Waals surface area contributed by atoms with Gasteiger partial charge in [0.1, 0.15) is 5.82 Å². The van der Waals surface area contributed by atoms with Crippen molar-refractivity contribution in [1.29, 1.82) is 0 Å². The van der Waals surface area contributed by atoms with Crippen molar-refractivity contribution in [2.45, 2.75) is 58.5 Å². The van der Waals surface area contributed by atoms with Crippen LogP contribution in [0.15, 0.2) is 6.20 Å². The van der Waals surface area contributed by atoms with Crippen LogP contribution in [0.1, 0.15) is 57.5 Å². The summed E-state index contributed by atoms with van der Waals surface area (Å²) in [5.41, 5.74) is 2.36. The molecule has 0 spiro atoms. The third-order valence-electron chi connectivity index (χ3n) is 4.71. The highest BCUT2D eigenvalue weighted by Gasteiger charge is 2.33. The minimum Gasteiger partial charge on any atom is -0.372 e. The number of aromatic nitrogens is 2. The molecule has 1 aromatic heterocycles. The Kier molecular flexibility index (Phi) is 4.16. The molecule has 2 unspecified atom stereocenters. The van der Waals surface area contributed by atoms with E-state index in [1.165, 1.54) is 24.9 Å². The monoisotopic (exact) mass is 288 g/mol. The van der Waals surface area contributed by atoms with Gasteiger partial charge >= 0.3 is 0 Å². The fraction of sp³-hybridized carbons (Fsp3) is 0.765. The Labute approximate surface area is 128 Å². The molecule has 2 aliphatic carbocycles. The second-order valence-electron chi connectivity index (χ2n) is 7.22. The fourth-order valence-electron chi connectivity index (χ4n) is 2.79. The van der Waals surface area contributed by atoms with E-state index in [4.69, 9.17) is 4.98 Å². The molecule has 21 heavy (non-hydrogen) atoms. The molecule has 4 heteroatoms. The summed E-state index contributed by atoms with van der Waals surface area (Å²) in [6.45, 7) is 8.65. The van der Waals surface area contributed by atoms with Gasteiger partial charge in [-0.25, -0.2) is 9.97 Å². The first-order chi connectivity index (χ1) is 10.0. The summed E-state index contributed by atoms with van der Waals surface area (Å²) in [5, 5.41) is 3.60. The van der Waals surface area contributed by atoms with Gasteiger partial charge in [-0.1, -0.05) is 20.8 Å². The van der Waals surface area contributed by atoms with Crippen molar-refractivity contribution in [2.24, 2.45) is 11.8 Å². The molecule has 0 bridgehead atoms. The summed E-state index contributed by atoms with van der Waals surface area (Å²) in [6.07, 6.45) is 6.02. The van der Waals surface area contributed by atoms with Crippen molar-refractivity contribution in [1.82, 2.24) is 15.3 Å². The van der Waals surface area contributed by atoms with Crippen molar-refractivity contribution in [2.75, 3.05) is 18.5 Å². The van der Waals surface area contributed by atoms with Gasteiger partial charge in [0.25, 0.3) is 0 Å². The van der Waals surface area contributed by atoms with Crippen LogP contribution in [0.5, 0.6) is 0 Å². The Morgan fingerprint density at radius 1 is 1.38 bits per heavy atom. The van der Waals surface area contributed by atoms with Gasteiger partial charge in [0.05, 0.1) is 17.6 Å². The largest absolute Gasteiger partial charge is 0.372 e. The molecule has 0 saturated heterocycles. The lowest BCUT2D eigenvalue weighted by atomic mass is 10.2. The van der Waals surface area contributed by atoms with Crippen molar-refractivity contribution < 1.29 is 0 Å². The molecular weight excluding hydrogens is 260 g/mol. The lowest BCUT2D eigenvalue weighted by Gasteiger charge is -2.22. The van der Waals surface area contributed by atoms with E-state index in [9.17, 15) is 0 Å². The lowest BCUT2D eigenvalue weighted by molar-refractivity contribution is 0.651. The molecule has 116 valence electrons. The average molecular weight is 288 g/mol. The second-order valence-corrected chi connectivity index (χ2v) is 7.22. The highest BCUT2D eigenvalue weighted by molar-refractivity contribution is 5.48. The first kappa shape index (κ1) is 14.8. The molecule has 2 fully saturated rings. The summed E-state index contributed by atoms with van der Waals surface area (Å²) in [7, 11) is 2.18. The molecule has 0 aliphatic heterocycles. The summed E-state index contributed by atoms with van der Waals surface area (Å²) in [5.74, 6) is 3.08. The Bertz CT molecular complexity index is 496. The van der Waals surface area contributed by atoms with Crippen LogP contribution in [0, 0.1) is 11.8 Å². The first-order valence-corrected chi connectivity index (χ1v) is 8.35. The van der Waals surface area contributed by atoms with E-state index in [1.807, 2.05) is 6.20 Å². The van der Waals surface area contributed by atoms with Gasteiger partial charge in [0.2, 0.25) is 0 Å². The van der Waals surface area contributed by atoms with E-state index in [2.05, 4.69) is 43.0 Å². The topological polar surface area (TPSA) is 41.1 Å². The van der Waals surface area contributed by atoms with E-state index in [-0.39, 0.29) is 0 Å². The van der Waals surface area contributed by atoms with Crippen LogP contribution >= 0.6 is 0 Å². The Morgan fingerprint density at radius 3 is 2.67 bits per heavy atom. The van der Waals surface area contributed by atoms with Gasteiger partial charge in [0, 0.05) is 32.1 Å². The number of rotatable bonds is 7. The molecule has 1 aromatic rings. The van der Waals surface area contributed by atoms with E-state index < -0.39 is 0 Å². The third-order valence-corrected chi connectivity index (χ3v) is 4.71. The molecule has 3 rings (SSSR count). The molecule has 1 heterocycles. The van der Waals surface area contributed by atoms with Crippen LogP contribution in [0.2, 0.25) is 0 Å². The quantitative estimate of drug-likeness (QED) is 0.837. The van der Waals surface area contributed by atoms with Crippen molar-refractivity contribution in [3.63, 3.8) is 0 Å². The predicted molar refractivity (Wildman–Crippen MR) is 86.5 cm³/mol. The molecular formula is C17H28N4. The number of hydrogen-bond donors (Lipinski definition) is 1. The Hall–Kier alpha value is -1.16. The van der Waals surface area contributed by atoms with Gasteiger partial charge in [-0.3, -0.25) is 0 Å². The number of nitrogens with one attached hydrogen (secondary N) is 1. The number of hydrogen-bond acceptors (Lipinski definition) is 4. The van der Waals surface area contributed by atoms with Crippen LogP contribution < -0.4 is 10.2 Å². The van der Waals surface area contributed by atoms with Crippen LogP contribution in [-0.4, -0.2) is 29.6 Å². The van der Waals surface area contributed by atoms with Crippen molar-refractivity contribution in [3.05, 3.63) is 17.7 Å². The normalized spacial score (nSPS) is 24.4. The zero-order valence-corrected chi connectivity index (χ0v) is 13.8. The van der Waals surface area contributed by atoms with E-state index in [0.717, 1.165) is 36.4 Å². The standard InChI is InChI=1S/C17H28N4/c1-11(2)17-19-9-16(21(4)10-13-7-12(13)3)15(20-17)8-18-14-5-6-14/h9,11-14,18H,5-8,10H2,1-4H3. The van der Waals surface area contributed by atoms with Gasteiger partial charge in [-0.05, 0) is 31.1 Å². The van der Waals surface area contributed by atoms with Crippen LogP contribution in [0.25, 0.3) is 0 Å². The number of nitrogens with zero attached hydrogens (tertiary/aromatic N) is 3. The van der Waals surface area contributed by atoms with E-state index in [1.54, 1.807) is 0 Å². The second kappa shape index (κ2) is 5.91. The van der Waals surface area contributed by atoms with Gasteiger partial charge < -0.3 is 10.2 Å². The van der Waals surface area contributed by atoms with Gasteiger partial charge in [-0.15, -0.1) is 0 Å². The minimum atomic E-state index is 0.382. The lowest BCUT2D eigenvalue weighted by Crippen LogP contribution is -2.25. The zero-order chi connectivity index (χ0) is 15.0. The molecule has 0 amide bonds. The van der Waals surface area contributed by atoms with Crippen LogP contribution in [0.4, 0.5) is 5.69 Å². The summed E-state index contributed by atoms with van der Waals surface area (Å²) < 4.78 is 0. The molecule has 4 nitrogen and oxygen atoms in total. The number of anilines is 1. The van der Waals surface area contributed by atoms with Crippen LogP contribution in [0.3, 0.4) is 0 Å². The summed E-state index contributed by atoms with van der Waals surface area (Å²) in [6, 6.07) is 0.712. The smallest absolute Gasteiger partial charge is 0.131 e. The SMILES string of the molecule is CC(C)c1ncc(N(C)CC2CC2C)c(CNC2CC2)n1. The minimum absolute atomic E-state index is 0.382. The Morgan fingerprint density at radius 2 is 2.10 bits per heavy atom. The molecule has 0 aromatic carbocycles. The molecule has 2 atom stereocenters. The predicted octanol–water partition coefficient (Wildman–Crippen LogP) is 2.94. The third kappa shape index (κ3) is 3.73. The highest BCUT2D eigenvalue weighted by Crippen LogP contribution is 2.39. The highest BCUT2D eigenvalue weighted by atomic mass is 15.1. The van der Waals surface area contributed by atoms with E-state index >= 15 is 0 Å². The molecule has 0 radical (unpaired) electrons. The maximum absolute atomic E-state index is 4.82.